The van der Waals surface area contributed by atoms with Crippen molar-refractivity contribution in [1.82, 2.24) is 14.8 Å². The summed E-state index contributed by atoms with van der Waals surface area (Å²) in [5.41, 5.74) is 0.202. The van der Waals surface area contributed by atoms with Crippen molar-refractivity contribution in [3.8, 4) is 0 Å². The van der Waals surface area contributed by atoms with Crippen LogP contribution in [0.5, 0.6) is 0 Å². The van der Waals surface area contributed by atoms with Crippen molar-refractivity contribution < 1.29 is 14.3 Å². The van der Waals surface area contributed by atoms with E-state index in [2.05, 4.69) is 18.8 Å². The lowest BCUT2D eigenvalue weighted by Gasteiger charge is -2.37. The molecule has 2 saturated heterocycles. The average molecular weight is 319 g/mol. The van der Waals surface area contributed by atoms with Gasteiger partial charge >= 0.3 is 6.09 Å². The van der Waals surface area contributed by atoms with Crippen LogP contribution < -0.4 is 0 Å². The standard InChI is InChI=1S/C17H25N3O3/c1-3-5-13(2)20-12-17(23-16(20)22)7-10-19(11-8-17)15(21)14-6-4-9-18-14/h4,6,9,13,18H,3,5,7-8,10-12H2,1-2H3. The minimum atomic E-state index is -0.411. The number of piperidine rings is 1. The van der Waals surface area contributed by atoms with E-state index < -0.39 is 5.60 Å². The van der Waals surface area contributed by atoms with Gasteiger partial charge in [0.15, 0.2) is 0 Å². The summed E-state index contributed by atoms with van der Waals surface area (Å²) in [5, 5.41) is 0. The second-order valence-corrected chi connectivity index (χ2v) is 6.69. The van der Waals surface area contributed by atoms with Gasteiger partial charge in [-0.3, -0.25) is 4.79 Å². The molecule has 0 radical (unpaired) electrons. The molecular weight excluding hydrogens is 294 g/mol. The fourth-order valence-electron chi connectivity index (χ4n) is 3.57. The topological polar surface area (TPSA) is 65.6 Å². The van der Waals surface area contributed by atoms with Crippen molar-refractivity contribution in [3.63, 3.8) is 0 Å². The highest BCUT2D eigenvalue weighted by molar-refractivity contribution is 5.92. The Morgan fingerprint density at radius 1 is 1.43 bits per heavy atom. The first-order valence-corrected chi connectivity index (χ1v) is 8.47. The number of carbonyl (C=O) groups excluding carboxylic acids is 2. The third kappa shape index (κ3) is 3.07. The number of carbonyl (C=O) groups is 2. The molecule has 3 rings (SSSR count). The van der Waals surface area contributed by atoms with E-state index in [0.29, 0.717) is 38.2 Å². The minimum Gasteiger partial charge on any atom is -0.441 e. The number of aromatic amines is 1. The van der Waals surface area contributed by atoms with Crippen molar-refractivity contribution in [3.05, 3.63) is 24.0 Å². The molecule has 1 spiro atoms. The number of hydrogen-bond acceptors (Lipinski definition) is 3. The molecule has 1 aromatic rings. The molecule has 6 heteroatoms. The van der Waals surface area contributed by atoms with Gasteiger partial charge in [0.25, 0.3) is 5.91 Å². The average Bonchev–Trinajstić information content (AvgIpc) is 3.16. The molecule has 0 aromatic carbocycles. The van der Waals surface area contributed by atoms with Crippen LogP contribution in [0.3, 0.4) is 0 Å². The van der Waals surface area contributed by atoms with Crippen LogP contribution in [0.15, 0.2) is 18.3 Å². The molecule has 3 heterocycles. The fourth-order valence-corrected chi connectivity index (χ4v) is 3.57. The van der Waals surface area contributed by atoms with Gasteiger partial charge in [-0.2, -0.15) is 0 Å². The second kappa shape index (κ2) is 6.26. The van der Waals surface area contributed by atoms with Gasteiger partial charge in [0, 0.05) is 38.2 Å². The van der Waals surface area contributed by atoms with E-state index in [0.717, 1.165) is 12.8 Å². The highest BCUT2D eigenvalue weighted by Crippen LogP contribution is 2.35. The van der Waals surface area contributed by atoms with Gasteiger partial charge in [0.1, 0.15) is 11.3 Å². The zero-order valence-electron chi connectivity index (χ0n) is 13.9. The summed E-state index contributed by atoms with van der Waals surface area (Å²) >= 11 is 0. The predicted molar refractivity (Wildman–Crippen MR) is 86.2 cm³/mol. The molecule has 1 unspecified atom stereocenters. The molecule has 2 aliphatic heterocycles. The summed E-state index contributed by atoms with van der Waals surface area (Å²) in [6, 6.07) is 3.83. The number of H-pyrrole nitrogens is 1. The number of amides is 2. The van der Waals surface area contributed by atoms with Crippen LogP contribution >= 0.6 is 0 Å². The molecule has 1 aromatic heterocycles. The van der Waals surface area contributed by atoms with E-state index in [1.807, 2.05) is 15.9 Å². The molecule has 23 heavy (non-hydrogen) atoms. The van der Waals surface area contributed by atoms with Crippen molar-refractivity contribution >= 4 is 12.0 Å². The van der Waals surface area contributed by atoms with Crippen LogP contribution in [-0.4, -0.2) is 58.1 Å². The summed E-state index contributed by atoms with van der Waals surface area (Å²) in [5.74, 6) is 0.0189. The third-order valence-electron chi connectivity index (χ3n) is 5.03. The molecule has 2 amide bonds. The van der Waals surface area contributed by atoms with Crippen LogP contribution in [0.2, 0.25) is 0 Å². The van der Waals surface area contributed by atoms with Gasteiger partial charge in [-0.05, 0) is 25.5 Å². The number of likely N-dealkylation sites (tertiary alicyclic amines) is 1. The van der Waals surface area contributed by atoms with E-state index in [1.165, 1.54) is 0 Å². The van der Waals surface area contributed by atoms with Crippen molar-refractivity contribution in [2.45, 2.75) is 51.2 Å². The number of nitrogens with one attached hydrogen (secondary N) is 1. The summed E-state index contributed by atoms with van der Waals surface area (Å²) in [6.07, 6.45) is 5.01. The number of aromatic nitrogens is 1. The van der Waals surface area contributed by atoms with Crippen LogP contribution in [0.1, 0.15) is 50.0 Å². The highest BCUT2D eigenvalue weighted by atomic mass is 16.6. The Morgan fingerprint density at radius 2 is 2.17 bits per heavy atom. The van der Waals surface area contributed by atoms with Crippen LogP contribution in [0.4, 0.5) is 4.79 Å². The first-order valence-electron chi connectivity index (χ1n) is 8.47. The zero-order valence-corrected chi connectivity index (χ0v) is 13.9. The zero-order chi connectivity index (χ0) is 16.4. The SMILES string of the molecule is CCCC(C)N1CC2(CCN(C(=O)c3ccc[nH]3)CC2)OC1=O. The number of nitrogens with zero attached hydrogens (tertiary/aromatic N) is 2. The van der Waals surface area contributed by atoms with Gasteiger partial charge in [0.05, 0.1) is 6.54 Å². The molecule has 1 N–H and O–H groups in total. The van der Waals surface area contributed by atoms with Gasteiger partial charge in [0.2, 0.25) is 0 Å². The molecule has 126 valence electrons. The largest absolute Gasteiger partial charge is 0.441 e. The van der Waals surface area contributed by atoms with Crippen LogP contribution in [0.25, 0.3) is 0 Å². The van der Waals surface area contributed by atoms with Gasteiger partial charge < -0.3 is 19.5 Å². The Kier molecular flexibility index (Phi) is 4.33. The summed E-state index contributed by atoms with van der Waals surface area (Å²) in [7, 11) is 0. The molecule has 0 bridgehead atoms. The molecule has 0 saturated carbocycles. The Labute approximate surface area is 136 Å². The van der Waals surface area contributed by atoms with Crippen molar-refractivity contribution in [2.75, 3.05) is 19.6 Å². The quantitative estimate of drug-likeness (QED) is 0.928. The van der Waals surface area contributed by atoms with Gasteiger partial charge in [-0.25, -0.2) is 4.79 Å². The van der Waals surface area contributed by atoms with E-state index in [9.17, 15) is 9.59 Å². The Morgan fingerprint density at radius 3 is 2.78 bits per heavy atom. The molecule has 0 aliphatic carbocycles. The van der Waals surface area contributed by atoms with E-state index in [4.69, 9.17) is 4.74 Å². The monoisotopic (exact) mass is 319 g/mol. The van der Waals surface area contributed by atoms with E-state index in [1.54, 1.807) is 12.3 Å². The molecule has 6 nitrogen and oxygen atoms in total. The van der Waals surface area contributed by atoms with E-state index >= 15 is 0 Å². The van der Waals surface area contributed by atoms with E-state index in [-0.39, 0.29) is 18.0 Å². The molecule has 1 atom stereocenters. The minimum absolute atomic E-state index is 0.0189. The molecule has 2 aliphatic rings. The normalized spacial score (nSPS) is 21.6. The summed E-state index contributed by atoms with van der Waals surface area (Å²) in [6.45, 7) is 6.10. The smallest absolute Gasteiger partial charge is 0.410 e. The Balaban J connectivity index is 1.60. The maximum Gasteiger partial charge on any atom is 0.410 e. The Hall–Kier alpha value is -1.98. The Bertz CT molecular complexity index is 562. The first kappa shape index (κ1) is 15.9. The second-order valence-electron chi connectivity index (χ2n) is 6.69. The third-order valence-corrected chi connectivity index (χ3v) is 5.03. The van der Waals surface area contributed by atoms with Gasteiger partial charge in [-0.15, -0.1) is 0 Å². The summed E-state index contributed by atoms with van der Waals surface area (Å²) < 4.78 is 5.73. The molecular formula is C17H25N3O3. The number of hydrogen-bond donors (Lipinski definition) is 1. The van der Waals surface area contributed by atoms with Crippen molar-refractivity contribution in [2.24, 2.45) is 0 Å². The highest BCUT2D eigenvalue weighted by Gasteiger charge is 2.48. The first-order chi connectivity index (χ1) is 11.0. The lowest BCUT2D eigenvalue weighted by molar-refractivity contribution is 0.00292. The van der Waals surface area contributed by atoms with Crippen LogP contribution in [-0.2, 0) is 4.74 Å². The van der Waals surface area contributed by atoms with Gasteiger partial charge in [-0.1, -0.05) is 13.3 Å². The predicted octanol–water partition coefficient (Wildman–Crippen LogP) is 2.63. The number of rotatable bonds is 4. The lowest BCUT2D eigenvalue weighted by atomic mass is 9.90. The molecule has 2 fully saturated rings. The number of ether oxygens (including phenoxy) is 1. The maximum absolute atomic E-state index is 12.4. The van der Waals surface area contributed by atoms with Crippen LogP contribution in [0, 0.1) is 0 Å². The fraction of sp³-hybridized carbons (Fsp3) is 0.647. The maximum atomic E-state index is 12.4. The van der Waals surface area contributed by atoms with Crippen molar-refractivity contribution in [1.29, 1.82) is 0 Å². The lowest BCUT2D eigenvalue weighted by Crippen LogP contribution is -2.49. The summed E-state index contributed by atoms with van der Waals surface area (Å²) in [4.78, 5) is 31.2.